The van der Waals surface area contributed by atoms with Crippen LogP contribution in [0.5, 0.6) is 0 Å². The summed E-state index contributed by atoms with van der Waals surface area (Å²) in [5, 5.41) is -0.408. The predicted molar refractivity (Wildman–Crippen MR) is 125 cm³/mol. The second-order valence-corrected chi connectivity index (χ2v) is 7.69. The van der Waals surface area contributed by atoms with Crippen LogP contribution in [0.15, 0.2) is 24.3 Å². The van der Waals surface area contributed by atoms with E-state index in [0.717, 1.165) is 0 Å². The maximum atomic E-state index is 10.8. The summed E-state index contributed by atoms with van der Waals surface area (Å²) in [6, 6.07) is 6.22. The number of hydrogen-bond donors (Lipinski definition) is 0. The number of hydrogen-bond acceptors (Lipinski definition) is 3. The van der Waals surface area contributed by atoms with Gasteiger partial charge in [-0.15, -0.1) is 0 Å². The van der Waals surface area contributed by atoms with E-state index >= 15 is 0 Å². The average molecular weight is 653 g/mol. The Balaban J connectivity index is -0.0000000834. The quantitative estimate of drug-likeness (QED) is 0.208. The molecule has 0 heterocycles. The molecule has 3 rings (SSSR count). The molecule has 2 fully saturated rings. The van der Waals surface area contributed by atoms with Gasteiger partial charge in [0.05, 0.1) is 0 Å². The molecule has 2 aliphatic carbocycles. The van der Waals surface area contributed by atoms with Gasteiger partial charge < -0.3 is 0 Å². The van der Waals surface area contributed by atoms with Crippen molar-refractivity contribution >= 4 is 38.4 Å². The molecule has 6 nitrogen and oxygen atoms in total. The van der Waals surface area contributed by atoms with Crippen molar-refractivity contribution in [2.75, 3.05) is 0 Å². The molecule has 10 heteroatoms. The van der Waals surface area contributed by atoms with Crippen molar-refractivity contribution in [2.45, 2.75) is 20.8 Å². The van der Waals surface area contributed by atoms with Gasteiger partial charge in [0.2, 0.25) is 0 Å². The number of benzene rings is 1. The molecule has 189 valence electrons. The molecule has 0 spiro atoms. The van der Waals surface area contributed by atoms with Gasteiger partial charge in [-0.05, 0) is 69.1 Å². The topological polar surface area (TPSA) is 114 Å². The Morgan fingerprint density at radius 3 is 1.17 bits per heavy atom. The van der Waals surface area contributed by atoms with Gasteiger partial charge in [-0.2, -0.15) is 0 Å². The molecular weight excluding hydrogens is 631 g/mol. The molecule has 0 saturated heterocycles. The van der Waals surface area contributed by atoms with E-state index in [1.165, 1.54) is 5.92 Å². The van der Waals surface area contributed by atoms with E-state index in [1.54, 1.807) is 24.3 Å². The van der Waals surface area contributed by atoms with Crippen LogP contribution in [0.4, 0.5) is 0 Å². The van der Waals surface area contributed by atoms with E-state index in [4.69, 9.17) is 18.6 Å². The largest absolute Gasteiger partial charge is 2.00 e. The number of carbonyl (C=O) groups is 2. The molecule has 1 aromatic rings. The van der Waals surface area contributed by atoms with E-state index in [9.17, 15) is 9.59 Å². The molecule has 1 aromatic carbocycles. The van der Waals surface area contributed by atoms with Crippen LogP contribution < -0.4 is 0 Å². The molecule has 0 atom stereocenters. The van der Waals surface area contributed by atoms with Crippen LogP contribution in [-0.2, 0) is 65.4 Å². The van der Waals surface area contributed by atoms with Gasteiger partial charge in [0.15, 0.2) is 0 Å². The van der Waals surface area contributed by atoms with E-state index in [0.29, 0.717) is 16.5 Å². The monoisotopic (exact) mass is 654 g/mol. The number of carbonyl (C=O) groups excluding carboxylic acids is 2. The summed E-state index contributed by atoms with van der Waals surface area (Å²) in [5.41, 5.74) is 1.30. The smallest absolute Gasteiger partial charge is 0.0312 e. The summed E-state index contributed by atoms with van der Waals surface area (Å²) in [4.78, 5) is 21.4. The van der Waals surface area contributed by atoms with Crippen molar-refractivity contribution in [3.63, 3.8) is 0 Å². The Morgan fingerprint density at radius 1 is 0.694 bits per heavy atom. The zero-order valence-electron chi connectivity index (χ0n) is 19.5. The summed E-state index contributed by atoms with van der Waals surface area (Å²) in [5.74, 6) is 1.42. The summed E-state index contributed by atoms with van der Waals surface area (Å²) < 4.78 is 29.9. The van der Waals surface area contributed by atoms with E-state index in [2.05, 4.69) is 102 Å². The minimum Gasteiger partial charge on any atom is -0.0312 e. The third kappa shape index (κ3) is 27.9. The van der Waals surface area contributed by atoms with Crippen LogP contribution in [0.2, 0.25) is 0 Å². The molecule has 2 saturated carbocycles. The molecule has 36 heavy (non-hydrogen) atoms. The summed E-state index contributed by atoms with van der Waals surface area (Å²) in [6.07, 6.45) is 18.5. The second kappa shape index (κ2) is 34.3. The van der Waals surface area contributed by atoms with Crippen LogP contribution in [0, 0.1) is 95.7 Å². The third-order valence-corrected chi connectivity index (χ3v) is 4.17. The Hall–Kier alpha value is -0.702. The van der Waals surface area contributed by atoms with Crippen molar-refractivity contribution in [2.24, 2.45) is 5.41 Å². The van der Waals surface area contributed by atoms with Crippen LogP contribution in [0.1, 0.15) is 41.5 Å². The fourth-order valence-corrected chi connectivity index (χ4v) is 2.36. The Morgan fingerprint density at radius 2 is 0.972 bits per heavy atom. The summed E-state index contributed by atoms with van der Waals surface area (Å²) >= 11 is 6.78. The second-order valence-electron chi connectivity index (χ2n) is 6.54. The normalized spacial score (nSPS) is 12.4. The third-order valence-electron chi connectivity index (χ3n) is 3.44. The minimum absolute atomic E-state index is 0. The Bertz CT molecular complexity index is 666. The van der Waals surface area contributed by atoms with Gasteiger partial charge in [-0.1, -0.05) is 20.8 Å². The van der Waals surface area contributed by atoms with Crippen molar-refractivity contribution in [1.82, 2.24) is 0 Å². The van der Waals surface area contributed by atoms with Gasteiger partial charge in [0.1, 0.15) is 0 Å². The number of rotatable bonds is 2. The van der Waals surface area contributed by atoms with Gasteiger partial charge in [0.25, 0.3) is 0 Å². The standard InChI is InChI=1S/C9H13.C8H5O2SSe.C5H5.4CO.2Fe/c1-9(2,3)8-6-4-5-7-8;9-7(11)5-1-3-6(4-2-5)8(10)12;1-2-4-5-3-1;4*1-2;;/h4-7H,1-3H3;1-4H,(H,9,11);1-5H;;;;;;/q;;;;;;;;+2/p-1. The predicted octanol–water partition coefficient (Wildman–Crippen LogP) is 3.99. The van der Waals surface area contributed by atoms with Crippen LogP contribution in [-0.4, -0.2) is 25.8 Å². The van der Waals surface area contributed by atoms with E-state index in [1.807, 2.05) is 32.1 Å². The molecule has 2 aliphatic rings. The van der Waals surface area contributed by atoms with Crippen LogP contribution in [0.25, 0.3) is 0 Å². The van der Waals surface area contributed by atoms with Gasteiger partial charge in [0, 0.05) is 17.1 Å². The Kier molecular flexibility index (Phi) is 46.1. The van der Waals surface area contributed by atoms with E-state index < -0.39 is 5.12 Å². The molecule has 0 bridgehead atoms. The first-order valence-electron chi connectivity index (χ1n) is 8.95. The molecule has 0 N–H and O–H groups in total. The van der Waals surface area contributed by atoms with Gasteiger partial charge in [-0.25, -0.2) is 0 Å². The maximum Gasteiger partial charge on any atom is 2.00 e. The minimum atomic E-state index is -0.408. The molecule has 0 unspecified atom stereocenters. The van der Waals surface area contributed by atoms with Gasteiger partial charge >= 0.3 is 146 Å². The van der Waals surface area contributed by atoms with Crippen molar-refractivity contribution in [1.29, 1.82) is 0 Å². The van der Waals surface area contributed by atoms with Gasteiger partial charge in [-0.3, -0.25) is 0 Å². The fourth-order valence-electron chi connectivity index (χ4n) is 1.94. The first-order valence-corrected chi connectivity index (χ1v) is 10.2. The van der Waals surface area contributed by atoms with Crippen LogP contribution in [0.3, 0.4) is 0 Å². The zero-order chi connectivity index (χ0) is 27.6. The molecule has 0 aliphatic heterocycles. The Labute approximate surface area is 251 Å². The molecule has 0 aromatic heterocycles. The molecule has 0 amide bonds. The van der Waals surface area contributed by atoms with Crippen molar-refractivity contribution in [3.8, 4) is 0 Å². The SMILES string of the molecule is CC(C)(C)[C]1[CH][CH][CH][CH]1.O=C([S-])c1ccc(C(=O)[Se])cc1.[C-]#[O+].[C-]#[O+].[C-]#[O+].[C-]#[O+].[CH]1[CH][CH][CH][CH]1.[Fe+2].[Fe]. The first-order chi connectivity index (χ1) is 16.2. The summed E-state index contributed by atoms with van der Waals surface area (Å²) in [6.45, 7) is 24.7. The molecule has 11 radical (unpaired) electrons. The van der Waals surface area contributed by atoms with E-state index in [-0.39, 0.29) is 38.8 Å². The fraction of sp³-hybridized carbons (Fsp3) is 0.154. The van der Waals surface area contributed by atoms with Crippen molar-refractivity contribution in [3.05, 3.63) is 126 Å². The zero-order valence-corrected chi connectivity index (χ0v) is 24.2. The summed E-state index contributed by atoms with van der Waals surface area (Å²) in [7, 11) is 0. The van der Waals surface area contributed by atoms with Crippen molar-refractivity contribution < 1.29 is 62.3 Å². The maximum absolute atomic E-state index is 10.8. The first kappa shape index (κ1) is 48.4. The average Bonchev–Trinajstić information content (AvgIpc) is 3.62. The van der Waals surface area contributed by atoms with Crippen LogP contribution >= 0.6 is 0 Å². The molecular formula is C26H22Fe2O6SSe+.